The highest BCUT2D eigenvalue weighted by atomic mass is 19.2. The van der Waals surface area contributed by atoms with Gasteiger partial charge in [0.2, 0.25) is 0 Å². The molecular weight excluding hydrogens is 391 g/mol. The molecule has 158 valence electrons. The van der Waals surface area contributed by atoms with Crippen LogP contribution in [0.25, 0.3) is 0 Å². The van der Waals surface area contributed by atoms with E-state index in [-0.39, 0.29) is 5.60 Å². The van der Waals surface area contributed by atoms with Gasteiger partial charge in [-0.2, -0.15) is 0 Å². The summed E-state index contributed by atoms with van der Waals surface area (Å²) in [6.45, 7) is 3.01. The van der Waals surface area contributed by atoms with Gasteiger partial charge in [0, 0.05) is 13.1 Å². The zero-order valence-electron chi connectivity index (χ0n) is 16.9. The zero-order chi connectivity index (χ0) is 20.9. The van der Waals surface area contributed by atoms with Crippen molar-refractivity contribution in [2.75, 3.05) is 33.2 Å². The predicted octanol–water partition coefficient (Wildman–Crippen LogP) is 3.90. The van der Waals surface area contributed by atoms with Gasteiger partial charge >= 0.3 is 0 Å². The highest BCUT2D eigenvalue weighted by molar-refractivity contribution is 5.78. The second-order valence-electron chi connectivity index (χ2n) is 8.57. The SMILES string of the molecule is CN1CCC[C@@]2(CN=C(N3CCc4ccccc4[C@H]3c3cc(F)c(F)c(F)c3)O2)C1. The van der Waals surface area contributed by atoms with Crippen molar-refractivity contribution in [3.8, 4) is 0 Å². The molecular formula is C23H24F3N3O. The summed E-state index contributed by atoms with van der Waals surface area (Å²) >= 11 is 0. The van der Waals surface area contributed by atoms with Crippen LogP contribution in [0.5, 0.6) is 0 Å². The third kappa shape index (κ3) is 3.25. The first-order valence-corrected chi connectivity index (χ1v) is 10.4. The summed E-state index contributed by atoms with van der Waals surface area (Å²) in [6, 6.07) is 10.0. The minimum atomic E-state index is -1.45. The van der Waals surface area contributed by atoms with Crippen molar-refractivity contribution in [1.82, 2.24) is 9.80 Å². The Morgan fingerprint density at radius 2 is 1.87 bits per heavy atom. The molecule has 2 atom stereocenters. The molecule has 1 fully saturated rings. The lowest BCUT2D eigenvalue weighted by atomic mass is 9.88. The number of fused-ring (bicyclic) bond motifs is 1. The van der Waals surface area contributed by atoms with Gasteiger partial charge in [-0.05, 0) is 61.7 Å². The number of amidine groups is 1. The molecule has 1 spiro atoms. The van der Waals surface area contributed by atoms with Crippen LogP contribution in [0, 0.1) is 17.5 Å². The molecule has 3 heterocycles. The first kappa shape index (κ1) is 19.4. The predicted molar refractivity (Wildman–Crippen MR) is 108 cm³/mol. The molecule has 30 heavy (non-hydrogen) atoms. The molecule has 7 heteroatoms. The van der Waals surface area contributed by atoms with Crippen LogP contribution in [-0.2, 0) is 11.2 Å². The molecule has 0 aromatic heterocycles. The summed E-state index contributed by atoms with van der Waals surface area (Å²) in [5.41, 5.74) is 2.05. The Kier molecular flexibility index (Phi) is 4.73. The summed E-state index contributed by atoms with van der Waals surface area (Å²) < 4.78 is 48.3. The van der Waals surface area contributed by atoms with Gasteiger partial charge in [-0.1, -0.05) is 24.3 Å². The number of likely N-dealkylation sites (N-methyl/N-ethyl adjacent to an activating group) is 1. The summed E-state index contributed by atoms with van der Waals surface area (Å²) in [7, 11) is 2.08. The molecule has 0 radical (unpaired) electrons. The Morgan fingerprint density at radius 1 is 1.10 bits per heavy atom. The highest BCUT2D eigenvalue weighted by Crippen LogP contribution is 2.39. The van der Waals surface area contributed by atoms with Crippen LogP contribution in [-0.4, -0.2) is 54.6 Å². The van der Waals surface area contributed by atoms with Crippen molar-refractivity contribution in [3.05, 3.63) is 70.5 Å². The lowest BCUT2D eigenvalue weighted by Crippen LogP contribution is -2.51. The largest absolute Gasteiger partial charge is 0.455 e. The molecule has 0 saturated carbocycles. The van der Waals surface area contributed by atoms with Crippen LogP contribution >= 0.6 is 0 Å². The van der Waals surface area contributed by atoms with Gasteiger partial charge in [0.05, 0.1) is 12.6 Å². The Morgan fingerprint density at radius 3 is 2.63 bits per heavy atom. The molecule has 5 rings (SSSR count). The monoisotopic (exact) mass is 415 g/mol. The van der Waals surface area contributed by atoms with E-state index < -0.39 is 23.5 Å². The standard InChI is InChI=1S/C23H24F3N3O/c1-28-9-4-8-23(14-28)13-27-22(30-23)29-10-7-15-5-2-3-6-17(15)21(29)16-11-18(24)20(26)19(25)12-16/h2-3,5-6,11-12,21H,4,7-10,13-14H2,1H3/t21-,23-/m1/s1. The van der Waals surface area contributed by atoms with E-state index in [0.29, 0.717) is 24.7 Å². The summed E-state index contributed by atoms with van der Waals surface area (Å²) in [6.07, 6.45) is 2.74. The second kappa shape index (κ2) is 7.30. The van der Waals surface area contributed by atoms with Crippen LogP contribution in [0.4, 0.5) is 13.2 Å². The van der Waals surface area contributed by atoms with E-state index in [4.69, 9.17) is 9.73 Å². The Bertz CT molecular complexity index is 988. The third-order valence-corrected chi connectivity index (χ3v) is 6.39. The smallest absolute Gasteiger partial charge is 0.288 e. The number of piperidine rings is 1. The zero-order valence-corrected chi connectivity index (χ0v) is 16.9. The van der Waals surface area contributed by atoms with Crippen LogP contribution in [0.2, 0.25) is 0 Å². The van der Waals surface area contributed by atoms with Crippen LogP contribution in [0.3, 0.4) is 0 Å². The van der Waals surface area contributed by atoms with Crippen molar-refractivity contribution in [1.29, 1.82) is 0 Å². The number of ether oxygens (including phenoxy) is 1. The van der Waals surface area contributed by atoms with Crippen molar-refractivity contribution in [3.63, 3.8) is 0 Å². The van der Waals surface area contributed by atoms with Crippen LogP contribution in [0.15, 0.2) is 41.4 Å². The Hall–Kier alpha value is -2.54. The van der Waals surface area contributed by atoms with Crippen molar-refractivity contribution in [2.45, 2.75) is 30.9 Å². The van der Waals surface area contributed by atoms with Gasteiger partial charge in [-0.3, -0.25) is 0 Å². The van der Waals surface area contributed by atoms with Crippen molar-refractivity contribution >= 4 is 6.02 Å². The maximum absolute atomic E-state index is 14.1. The van der Waals surface area contributed by atoms with Gasteiger partial charge in [-0.15, -0.1) is 0 Å². The Labute approximate surface area is 174 Å². The average molecular weight is 415 g/mol. The van der Waals surface area contributed by atoms with Gasteiger partial charge < -0.3 is 14.5 Å². The first-order valence-electron chi connectivity index (χ1n) is 10.4. The number of hydrogen-bond donors (Lipinski definition) is 0. The molecule has 3 aliphatic heterocycles. The maximum Gasteiger partial charge on any atom is 0.288 e. The fourth-order valence-electron chi connectivity index (χ4n) is 5.02. The van der Waals surface area contributed by atoms with Crippen LogP contribution < -0.4 is 0 Å². The fourth-order valence-corrected chi connectivity index (χ4v) is 5.02. The van der Waals surface area contributed by atoms with Gasteiger partial charge in [-0.25, -0.2) is 18.2 Å². The van der Waals surface area contributed by atoms with E-state index in [2.05, 4.69) is 11.9 Å². The third-order valence-electron chi connectivity index (χ3n) is 6.39. The summed E-state index contributed by atoms with van der Waals surface area (Å²) in [5.74, 6) is -3.83. The van der Waals surface area contributed by atoms with E-state index in [9.17, 15) is 13.2 Å². The van der Waals surface area contributed by atoms with E-state index in [1.807, 2.05) is 29.2 Å². The maximum atomic E-state index is 14.1. The number of halogens is 3. The molecule has 2 aromatic rings. The van der Waals surface area contributed by atoms with Crippen LogP contribution in [0.1, 0.15) is 35.6 Å². The molecule has 4 nitrogen and oxygen atoms in total. The molecule has 3 aliphatic rings. The number of aliphatic imine (C=N–C) groups is 1. The molecule has 0 bridgehead atoms. The number of benzene rings is 2. The van der Waals surface area contributed by atoms with E-state index in [1.54, 1.807) is 0 Å². The minimum absolute atomic E-state index is 0.344. The first-order chi connectivity index (χ1) is 14.5. The number of likely N-dealkylation sites (tertiary alicyclic amines) is 1. The lowest BCUT2D eigenvalue weighted by molar-refractivity contribution is 0.000247. The minimum Gasteiger partial charge on any atom is -0.455 e. The van der Waals surface area contributed by atoms with Gasteiger partial charge in [0.25, 0.3) is 6.02 Å². The van der Waals surface area contributed by atoms with E-state index >= 15 is 0 Å². The molecule has 2 aromatic carbocycles. The fraction of sp³-hybridized carbons (Fsp3) is 0.435. The summed E-state index contributed by atoms with van der Waals surface area (Å²) in [4.78, 5) is 8.93. The second-order valence-corrected chi connectivity index (χ2v) is 8.57. The summed E-state index contributed by atoms with van der Waals surface area (Å²) in [5, 5.41) is 0. The molecule has 0 unspecified atom stereocenters. The number of hydrogen-bond acceptors (Lipinski definition) is 4. The quantitative estimate of drug-likeness (QED) is 0.662. The highest BCUT2D eigenvalue weighted by Gasteiger charge is 2.44. The van der Waals surface area contributed by atoms with Crippen molar-refractivity contribution < 1.29 is 17.9 Å². The number of rotatable bonds is 1. The topological polar surface area (TPSA) is 28.1 Å². The van der Waals surface area contributed by atoms with Crippen molar-refractivity contribution in [2.24, 2.45) is 4.99 Å². The van der Waals surface area contributed by atoms with E-state index in [1.165, 1.54) is 0 Å². The van der Waals surface area contributed by atoms with Gasteiger partial charge in [0.1, 0.15) is 5.60 Å². The normalized spacial score (nSPS) is 26.5. The molecule has 0 N–H and O–H groups in total. The Balaban J connectivity index is 1.53. The lowest BCUT2D eigenvalue weighted by Gasteiger charge is -2.41. The molecule has 0 amide bonds. The van der Waals surface area contributed by atoms with Gasteiger partial charge in [0.15, 0.2) is 17.5 Å². The van der Waals surface area contributed by atoms with E-state index in [0.717, 1.165) is 55.6 Å². The molecule has 0 aliphatic carbocycles. The molecule has 1 saturated heterocycles. The number of nitrogens with zero attached hydrogens (tertiary/aromatic N) is 3. The average Bonchev–Trinajstić information content (AvgIpc) is 3.13.